The van der Waals surface area contributed by atoms with Crippen molar-refractivity contribution in [1.29, 1.82) is 0 Å². The van der Waals surface area contributed by atoms with Gasteiger partial charge in [0.15, 0.2) is 0 Å². The summed E-state index contributed by atoms with van der Waals surface area (Å²) in [5.41, 5.74) is 10.4. The first kappa shape index (κ1) is 25.1. The Labute approximate surface area is 209 Å². The third-order valence-corrected chi connectivity index (χ3v) is 6.82. The molecule has 0 amide bonds. The number of benzene rings is 3. The fourth-order valence-corrected chi connectivity index (χ4v) is 5.11. The normalized spacial score (nSPS) is 19.3. The van der Waals surface area contributed by atoms with E-state index in [2.05, 4.69) is 12.1 Å². The summed E-state index contributed by atoms with van der Waals surface area (Å²) in [6.45, 7) is 1.98. The average molecular weight is 488 g/mol. The van der Waals surface area contributed by atoms with Gasteiger partial charge in [0.05, 0.1) is 0 Å². The van der Waals surface area contributed by atoms with Crippen molar-refractivity contribution < 1.29 is 29.3 Å². The summed E-state index contributed by atoms with van der Waals surface area (Å²) in [6, 6.07) is 23.4. The smallest absolute Gasteiger partial charge is 0.325 e. The van der Waals surface area contributed by atoms with Crippen LogP contribution < -0.4 is 5.73 Å². The second-order valence-electron chi connectivity index (χ2n) is 9.15. The van der Waals surface area contributed by atoms with Gasteiger partial charge in [0.1, 0.15) is 18.1 Å². The molecule has 2 aliphatic carbocycles. The highest BCUT2D eigenvalue weighted by molar-refractivity contribution is 5.94. The van der Waals surface area contributed by atoms with Gasteiger partial charge in [-0.05, 0) is 39.8 Å². The van der Waals surface area contributed by atoms with Gasteiger partial charge in [-0.1, -0.05) is 79.7 Å². The molecular formula is C29H29NO6. The van der Waals surface area contributed by atoms with Crippen LogP contribution in [-0.2, 0) is 25.5 Å². The van der Waals surface area contributed by atoms with Gasteiger partial charge in [-0.15, -0.1) is 0 Å². The topological polar surface area (TPSA) is 127 Å². The van der Waals surface area contributed by atoms with Crippen LogP contribution in [0.5, 0.6) is 0 Å². The van der Waals surface area contributed by atoms with Crippen LogP contribution in [0.3, 0.4) is 0 Å². The minimum atomic E-state index is -1.70. The standard InChI is InChI=1S/C25H21NO4.C4H8O2/c26-25(24(28)29)13-15-7-1-2-8-16(15)22(25)23(27)30-14-21-19-11-5-3-9-17(19)18-10-4-6-12-20(18)21;1-2-3-4(5)6/h1-12,21-22H,13-14,26H2,(H,28,29);2-3H2,1H3,(H,5,6). The first-order valence-electron chi connectivity index (χ1n) is 11.9. The Kier molecular flexibility index (Phi) is 7.22. The molecule has 7 heteroatoms. The van der Waals surface area contributed by atoms with Gasteiger partial charge in [0.2, 0.25) is 0 Å². The number of aliphatic carboxylic acids is 2. The Bertz CT molecular complexity index is 1260. The Hall–Kier alpha value is -3.97. The molecule has 0 fully saturated rings. The molecule has 36 heavy (non-hydrogen) atoms. The van der Waals surface area contributed by atoms with Crippen molar-refractivity contribution in [2.75, 3.05) is 6.61 Å². The maximum atomic E-state index is 13.1. The maximum Gasteiger partial charge on any atom is 0.325 e. The van der Waals surface area contributed by atoms with Gasteiger partial charge in [0, 0.05) is 18.8 Å². The molecule has 0 saturated heterocycles. The summed E-state index contributed by atoms with van der Waals surface area (Å²) in [5.74, 6) is -3.62. The maximum absolute atomic E-state index is 13.1. The van der Waals surface area contributed by atoms with Gasteiger partial charge in [-0.25, -0.2) is 0 Å². The number of carboxylic acid groups (broad SMARTS) is 2. The van der Waals surface area contributed by atoms with E-state index in [4.69, 9.17) is 15.6 Å². The van der Waals surface area contributed by atoms with E-state index < -0.39 is 29.4 Å². The summed E-state index contributed by atoms with van der Waals surface area (Å²) in [7, 11) is 0. The van der Waals surface area contributed by atoms with Crippen LogP contribution in [0.25, 0.3) is 11.1 Å². The molecule has 7 nitrogen and oxygen atoms in total. The summed E-state index contributed by atoms with van der Waals surface area (Å²) >= 11 is 0. The quantitative estimate of drug-likeness (QED) is 0.442. The molecule has 3 aromatic rings. The van der Waals surface area contributed by atoms with Gasteiger partial charge in [-0.3, -0.25) is 14.4 Å². The number of ether oxygens (including phenoxy) is 1. The molecule has 2 unspecified atom stereocenters. The molecule has 0 radical (unpaired) electrons. The van der Waals surface area contributed by atoms with Crippen LogP contribution >= 0.6 is 0 Å². The van der Waals surface area contributed by atoms with Crippen molar-refractivity contribution in [3.63, 3.8) is 0 Å². The predicted octanol–water partition coefficient (Wildman–Crippen LogP) is 4.34. The zero-order valence-electron chi connectivity index (χ0n) is 20.0. The van der Waals surface area contributed by atoms with Crippen LogP contribution in [0.4, 0.5) is 0 Å². The number of fused-ring (bicyclic) bond motifs is 4. The predicted molar refractivity (Wildman–Crippen MR) is 135 cm³/mol. The Morgan fingerprint density at radius 2 is 1.42 bits per heavy atom. The fraction of sp³-hybridized carbons (Fsp3) is 0.276. The molecule has 0 heterocycles. The van der Waals surface area contributed by atoms with E-state index in [0.29, 0.717) is 12.0 Å². The molecule has 0 aliphatic heterocycles. The highest BCUT2D eigenvalue weighted by Crippen LogP contribution is 2.45. The lowest BCUT2D eigenvalue weighted by Crippen LogP contribution is -2.54. The van der Waals surface area contributed by atoms with E-state index in [-0.39, 0.29) is 18.9 Å². The molecule has 0 saturated carbocycles. The molecule has 2 atom stereocenters. The highest BCUT2D eigenvalue weighted by atomic mass is 16.5. The average Bonchev–Trinajstić information content (AvgIpc) is 3.35. The Morgan fingerprint density at radius 3 is 1.92 bits per heavy atom. The molecule has 0 aromatic heterocycles. The number of nitrogens with two attached hydrogens (primary N) is 1. The molecular weight excluding hydrogens is 458 g/mol. The monoisotopic (exact) mass is 487 g/mol. The van der Waals surface area contributed by atoms with Crippen molar-refractivity contribution in [3.05, 3.63) is 95.1 Å². The van der Waals surface area contributed by atoms with Crippen molar-refractivity contribution in [2.45, 2.75) is 43.6 Å². The van der Waals surface area contributed by atoms with E-state index in [9.17, 15) is 19.5 Å². The number of hydrogen-bond acceptors (Lipinski definition) is 5. The van der Waals surface area contributed by atoms with E-state index in [1.807, 2.05) is 55.5 Å². The van der Waals surface area contributed by atoms with Crippen LogP contribution in [-0.4, -0.2) is 40.3 Å². The van der Waals surface area contributed by atoms with Gasteiger partial charge in [0.25, 0.3) is 0 Å². The SMILES string of the molecule is CCCC(=O)O.NC1(C(=O)O)Cc2ccccc2C1C(=O)OCC1c2ccccc2-c2ccccc21. The summed E-state index contributed by atoms with van der Waals surface area (Å²) in [5, 5.41) is 17.7. The first-order chi connectivity index (χ1) is 17.3. The van der Waals surface area contributed by atoms with E-state index in [1.54, 1.807) is 12.1 Å². The Morgan fingerprint density at radius 1 is 0.889 bits per heavy atom. The molecule has 2 aliphatic rings. The van der Waals surface area contributed by atoms with Crippen molar-refractivity contribution in [1.82, 2.24) is 0 Å². The van der Waals surface area contributed by atoms with E-state index in [0.717, 1.165) is 34.2 Å². The van der Waals surface area contributed by atoms with Gasteiger partial charge in [-0.2, -0.15) is 0 Å². The number of rotatable bonds is 6. The molecule has 0 bridgehead atoms. The van der Waals surface area contributed by atoms with Crippen LogP contribution in [0.15, 0.2) is 72.8 Å². The third kappa shape index (κ3) is 4.62. The summed E-state index contributed by atoms with van der Waals surface area (Å²) < 4.78 is 5.74. The zero-order valence-corrected chi connectivity index (χ0v) is 20.0. The van der Waals surface area contributed by atoms with Crippen molar-refractivity contribution >= 4 is 17.9 Å². The minimum Gasteiger partial charge on any atom is -0.481 e. The Balaban J connectivity index is 0.000000455. The highest BCUT2D eigenvalue weighted by Gasteiger charge is 2.53. The first-order valence-corrected chi connectivity index (χ1v) is 11.9. The minimum absolute atomic E-state index is 0.0880. The number of esters is 1. The third-order valence-electron chi connectivity index (χ3n) is 6.82. The summed E-state index contributed by atoms with van der Waals surface area (Å²) in [6.07, 6.45) is 1.13. The summed E-state index contributed by atoms with van der Waals surface area (Å²) in [4.78, 5) is 34.7. The van der Waals surface area contributed by atoms with Gasteiger partial charge < -0.3 is 20.7 Å². The lowest BCUT2D eigenvalue weighted by Gasteiger charge is -2.26. The zero-order chi connectivity index (χ0) is 25.9. The van der Waals surface area contributed by atoms with E-state index in [1.165, 1.54) is 0 Å². The molecule has 0 spiro atoms. The molecule has 5 rings (SSSR count). The number of carbonyl (C=O) groups is 3. The molecule has 4 N–H and O–H groups in total. The van der Waals surface area contributed by atoms with Crippen molar-refractivity contribution in [3.8, 4) is 11.1 Å². The lowest BCUT2D eigenvalue weighted by atomic mass is 9.85. The van der Waals surface area contributed by atoms with Crippen molar-refractivity contribution in [2.24, 2.45) is 5.73 Å². The van der Waals surface area contributed by atoms with Crippen LogP contribution in [0, 0.1) is 0 Å². The molecule has 186 valence electrons. The number of hydrogen-bond donors (Lipinski definition) is 3. The second kappa shape index (κ2) is 10.3. The number of carbonyl (C=O) groups excluding carboxylic acids is 1. The second-order valence-corrected chi connectivity index (χ2v) is 9.15. The van der Waals surface area contributed by atoms with Crippen LogP contribution in [0.1, 0.15) is 53.9 Å². The largest absolute Gasteiger partial charge is 0.481 e. The molecule has 3 aromatic carbocycles. The van der Waals surface area contributed by atoms with E-state index >= 15 is 0 Å². The fourth-order valence-electron chi connectivity index (χ4n) is 5.11. The van der Waals surface area contributed by atoms with Gasteiger partial charge >= 0.3 is 17.9 Å². The number of carboxylic acids is 2. The van der Waals surface area contributed by atoms with Crippen LogP contribution in [0.2, 0.25) is 0 Å². The lowest BCUT2D eigenvalue weighted by molar-refractivity contribution is -0.154.